The van der Waals surface area contributed by atoms with Crippen LogP contribution in [0.5, 0.6) is 11.5 Å². The predicted octanol–water partition coefficient (Wildman–Crippen LogP) is 2.28. The van der Waals surface area contributed by atoms with Crippen molar-refractivity contribution in [3.05, 3.63) is 64.2 Å². The quantitative estimate of drug-likeness (QED) is 0.522. The second-order valence-electron chi connectivity index (χ2n) is 5.34. The summed E-state index contributed by atoms with van der Waals surface area (Å²) >= 11 is 0. The standard InChI is InChI=1S/C17H15N3O5/c1-11(12-6-8-13(9-7-12)20(22)23)18-19-17(21)16-10-24-14-4-2-3-5-15(14)25-16/h2-9,16H,10H2,1H3,(H,19,21)/b18-11+. The number of carbonyl (C=O) groups excluding carboxylic acids is 1. The number of benzene rings is 2. The van der Waals surface area contributed by atoms with Crippen molar-refractivity contribution >= 4 is 17.3 Å². The molecule has 1 unspecified atom stereocenters. The normalized spacial score (nSPS) is 16.2. The van der Waals surface area contributed by atoms with Crippen molar-refractivity contribution in [2.75, 3.05) is 6.61 Å². The molecule has 0 spiro atoms. The Hall–Kier alpha value is -3.42. The van der Waals surface area contributed by atoms with Crippen LogP contribution in [0.25, 0.3) is 0 Å². The highest BCUT2D eigenvalue weighted by molar-refractivity contribution is 5.99. The molecule has 1 N–H and O–H groups in total. The van der Waals surface area contributed by atoms with Crippen LogP contribution in [0.2, 0.25) is 0 Å². The van der Waals surface area contributed by atoms with Crippen molar-refractivity contribution in [1.29, 1.82) is 0 Å². The number of nitrogens with zero attached hydrogens (tertiary/aromatic N) is 2. The number of nitro benzene ring substituents is 1. The molecule has 0 aromatic heterocycles. The van der Waals surface area contributed by atoms with E-state index in [0.717, 1.165) is 0 Å². The Balaban J connectivity index is 1.63. The highest BCUT2D eigenvalue weighted by Crippen LogP contribution is 2.30. The van der Waals surface area contributed by atoms with Crippen molar-refractivity contribution in [2.24, 2.45) is 5.10 Å². The number of para-hydroxylation sites is 2. The van der Waals surface area contributed by atoms with Gasteiger partial charge in [0.15, 0.2) is 11.5 Å². The second kappa shape index (κ2) is 7.00. The molecular weight excluding hydrogens is 326 g/mol. The lowest BCUT2D eigenvalue weighted by Gasteiger charge is -2.24. The van der Waals surface area contributed by atoms with Gasteiger partial charge >= 0.3 is 0 Å². The molecular formula is C17H15N3O5. The fraction of sp³-hybridized carbons (Fsp3) is 0.176. The summed E-state index contributed by atoms with van der Waals surface area (Å²) in [5, 5.41) is 14.7. The largest absolute Gasteiger partial charge is 0.485 e. The van der Waals surface area contributed by atoms with E-state index in [1.165, 1.54) is 12.1 Å². The van der Waals surface area contributed by atoms with Gasteiger partial charge in [0.1, 0.15) is 6.61 Å². The average Bonchev–Trinajstić information content (AvgIpc) is 2.65. The molecule has 0 fully saturated rings. The number of hydrazone groups is 1. The number of fused-ring (bicyclic) bond motifs is 1. The molecule has 8 heteroatoms. The van der Waals surface area contributed by atoms with E-state index in [2.05, 4.69) is 10.5 Å². The molecule has 8 nitrogen and oxygen atoms in total. The Kier molecular flexibility index (Phi) is 4.60. The van der Waals surface area contributed by atoms with E-state index in [9.17, 15) is 14.9 Å². The molecule has 0 bridgehead atoms. The zero-order valence-electron chi connectivity index (χ0n) is 13.3. The van der Waals surface area contributed by atoms with Crippen molar-refractivity contribution in [3.8, 4) is 11.5 Å². The minimum Gasteiger partial charge on any atom is -0.485 e. The highest BCUT2D eigenvalue weighted by Gasteiger charge is 2.27. The molecule has 0 radical (unpaired) electrons. The summed E-state index contributed by atoms with van der Waals surface area (Å²) < 4.78 is 11.1. The summed E-state index contributed by atoms with van der Waals surface area (Å²) in [5.41, 5.74) is 3.60. The van der Waals surface area contributed by atoms with Gasteiger partial charge < -0.3 is 9.47 Å². The second-order valence-corrected chi connectivity index (χ2v) is 5.34. The molecule has 1 aliphatic heterocycles. The molecule has 1 aliphatic rings. The number of amides is 1. The number of hydrogen-bond donors (Lipinski definition) is 1. The van der Waals surface area contributed by atoms with Crippen LogP contribution in [0.15, 0.2) is 53.6 Å². The minimum absolute atomic E-state index is 0.00740. The molecule has 2 aromatic rings. The number of nitrogens with one attached hydrogen (secondary N) is 1. The average molecular weight is 341 g/mol. The van der Waals surface area contributed by atoms with Crippen LogP contribution in [0.1, 0.15) is 12.5 Å². The van der Waals surface area contributed by atoms with E-state index < -0.39 is 16.9 Å². The zero-order chi connectivity index (χ0) is 17.8. The van der Waals surface area contributed by atoms with Crippen molar-refractivity contribution in [1.82, 2.24) is 5.43 Å². The molecule has 1 atom stereocenters. The maximum atomic E-state index is 12.2. The molecule has 1 amide bonds. The van der Waals surface area contributed by atoms with Gasteiger partial charge in [-0.25, -0.2) is 5.43 Å². The number of nitro groups is 1. The SMILES string of the molecule is C/C(=N\NC(=O)C1COc2ccccc2O1)c1ccc([N+](=O)[O-])cc1. The van der Waals surface area contributed by atoms with Crippen molar-refractivity contribution in [2.45, 2.75) is 13.0 Å². The molecule has 0 aliphatic carbocycles. The third-order valence-corrected chi connectivity index (χ3v) is 3.63. The first kappa shape index (κ1) is 16.4. The number of carbonyl (C=O) groups is 1. The van der Waals surface area contributed by atoms with E-state index in [4.69, 9.17) is 9.47 Å². The third-order valence-electron chi connectivity index (χ3n) is 3.63. The maximum Gasteiger partial charge on any atom is 0.284 e. The lowest BCUT2D eigenvalue weighted by Crippen LogP contribution is -2.42. The van der Waals surface area contributed by atoms with E-state index in [1.807, 2.05) is 6.07 Å². The highest BCUT2D eigenvalue weighted by atomic mass is 16.6. The summed E-state index contributed by atoms with van der Waals surface area (Å²) in [4.78, 5) is 22.4. The minimum atomic E-state index is -0.802. The van der Waals surface area contributed by atoms with Gasteiger partial charge in [-0.05, 0) is 36.8 Å². The van der Waals surface area contributed by atoms with Gasteiger partial charge in [0.2, 0.25) is 6.10 Å². The van der Waals surface area contributed by atoms with Crippen LogP contribution in [-0.4, -0.2) is 29.3 Å². The van der Waals surface area contributed by atoms with Crippen molar-refractivity contribution in [3.63, 3.8) is 0 Å². The monoisotopic (exact) mass is 341 g/mol. The fourth-order valence-corrected chi connectivity index (χ4v) is 2.25. The number of rotatable bonds is 4. The van der Waals surface area contributed by atoms with Gasteiger partial charge in [-0.3, -0.25) is 14.9 Å². The van der Waals surface area contributed by atoms with Gasteiger partial charge in [-0.1, -0.05) is 12.1 Å². The summed E-state index contributed by atoms with van der Waals surface area (Å²) in [6.45, 7) is 1.78. The van der Waals surface area contributed by atoms with E-state index in [0.29, 0.717) is 22.8 Å². The lowest BCUT2D eigenvalue weighted by molar-refractivity contribution is -0.384. The summed E-state index contributed by atoms with van der Waals surface area (Å²) in [7, 11) is 0. The smallest absolute Gasteiger partial charge is 0.284 e. The van der Waals surface area contributed by atoms with Gasteiger partial charge in [0.05, 0.1) is 10.6 Å². The van der Waals surface area contributed by atoms with Crippen LogP contribution in [0.3, 0.4) is 0 Å². The molecule has 128 valence electrons. The summed E-state index contributed by atoms with van der Waals surface area (Å²) in [6.07, 6.45) is -0.802. The maximum absolute atomic E-state index is 12.2. The fourth-order valence-electron chi connectivity index (χ4n) is 2.25. The first-order valence-electron chi connectivity index (χ1n) is 7.52. The van der Waals surface area contributed by atoms with Gasteiger partial charge in [0, 0.05) is 12.1 Å². The van der Waals surface area contributed by atoms with Crippen LogP contribution in [0, 0.1) is 10.1 Å². The van der Waals surface area contributed by atoms with Gasteiger partial charge in [0.25, 0.3) is 11.6 Å². The molecule has 2 aromatic carbocycles. The number of non-ortho nitro benzene ring substituents is 1. The van der Waals surface area contributed by atoms with Crippen LogP contribution >= 0.6 is 0 Å². The number of ether oxygens (including phenoxy) is 2. The molecule has 25 heavy (non-hydrogen) atoms. The van der Waals surface area contributed by atoms with E-state index in [-0.39, 0.29) is 12.3 Å². The zero-order valence-corrected chi connectivity index (χ0v) is 13.3. The summed E-state index contributed by atoms with van der Waals surface area (Å²) in [6, 6.07) is 13.0. The summed E-state index contributed by atoms with van der Waals surface area (Å²) in [5.74, 6) is 0.665. The molecule has 1 heterocycles. The Morgan fingerprint density at radius 1 is 1.20 bits per heavy atom. The lowest BCUT2D eigenvalue weighted by atomic mass is 10.1. The number of hydrogen-bond acceptors (Lipinski definition) is 6. The Morgan fingerprint density at radius 3 is 2.56 bits per heavy atom. The topological polar surface area (TPSA) is 103 Å². The Bertz CT molecular complexity index is 832. The third kappa shape index (κ3) is 3.74. The predicted molar refractivity (Wildman–Crippen MR) is 89.8 cm³/mol. The van der Waals surface area contributed by atoms with Crippen molar-refractivity contribution < 1.29 is 19.2 Å². The van der Waals surface area contributed by atoms with Crippen LogP contribution in [-0.2, 0) is 4.79 Å². The molecule has 0 saturated carbocycles. The van der Waals surface area contributed by atoms with Gasteiger partial charge in [-0.15, -0.1) is 0 Å². The first-order valence-corrected chi connectivity index (χ1v) is 7.52. The van der Waals surface area contributed by atoms with E-state index >= 15 is 0 Å². The molecule has 0 saturated heterocycles. The van der Waals surface area contributed by atoms with Gasteiger partial charge in [-0.2, -0.15) is 5.10 Å². The van der Waals surface area contributed by atoms with Crippen LogP contribution < -0.4 is 14.9 Å². The van der Waals surface area contributed by atoms with E-state index in [1.54, 1.807) is 37.3 Å². The van der Waals surface area contributed by atoms with Crippen LogP contribution in [0.4, 0.5) is 5.69 Å². The Labute approximate surface area is 143 Å². The first-order chi connectivity index (χ1) is 12.0. The Morgan fingerprint density at radius 2 is 1.88 bits per heavy atom. The molecule has 3 rings (SSSR count).